The molecule has 0 aromatic carbocycles. The monoisotopic (exact) mass is 175 g/mol. The molecule has 0 amide bonds. The van der Waals surface area contributed by atoms with Crippen molar-refractivity contribution in [1.82, 2.24) is 16.2 Å². The molecule has 2 N–H and O–H groups in total. The van der Waals surface area contributed by atoms with Gasteiger partial charge in [-0.3, -0.25) is 0 Å². The van der Waals surface area contributed by atoms with Crippen LogP contribution in [0.25, 0.3) is 0 Å². The number of allylic oxidation sites excluding steroid dienone is 2. The quantitative estimate of drug-likeness (QED) is 0.583. The molecule has 0 fully saturated rings. The third-order valence-corrected chi connectivity index (χ3v) is 1.28. The maximum atomic E-state index is 4.96. The molecule has 0 aliphatic heterocycles. The molecule has 0 saturated carbocycles. The van der Waals surface area contributed by atoms with Crippen LogP contribution >= 0.6 is 0 Å². The fourth-order valence-electron chi connectivity index (χ4n) is 0.740. The van der Waals surface area contributed by atoms with Gasteiger partial charge in [0.1, 0.15) is 0 Å². The minimum absolute atomic E-state index is 0.833. The van der Waals surface area contributed by atoms with Crippen molar-refractivity contribution in [3.8, 4) is 0 Å². The van der Waals surface area contributed by atoms with E-state index in [0.717, 1.165) is 12.1 Å². The van der Waals surface area contributed by atoms with Crippen molar-refractivity contribution in [3.63, 3.8) is 0 Å². The smallest absolute Gasteiger partial charge is 0.0713 e. The molecule has 0 aromatic rings. The Morgan fingerprint density at radius 1 is 1.33 bits per heavy atom. The van der Waals surface area contributed by atoms with Crippen LogP contribution in [-0.2, 0) is 9.88 Å². The fraction of sp³-hybridized carbons (Fsp3) is 0.714. The second-order valence-electron chi connectivity index (χ2n) is 1.98. The van der Waals surface area contributed by atoms with Gasteiger partial charge in [0.05, 0.1) is 5.70 Å². The minimum atomic E-state index is 0.833. The van der Waals surface area contributed by atoms with Crippen molar-refractivity contribution in [1.29, 1.82) is 0 Å². The molecule has 12 heavy (non-hydrogen) atoms. The summed E-state index contributed by atoms with van der Waals surface area (Å²) < 4.78 is 0. The van der Waals surface area contributed by atoms with Crippen LogP contribution in [0, 0.1) is 0 Å². The Bertz CT molecular complexity index is 133. The normalized spacial score (nSPS) is 11.8. The standard InChI is InChI=1S/C7H17N3O2/c1-5-7(6-2)10(11-8-3)12-9-4/h5,8-9H,6H2,1-4H3/b7-5+. The predicted molar refractivity (Wildman–Crippen MR) is 46.2 cm³/mol. The van der Waals surface area contributed by atoms with Crippen molar-refractivity contribution in [2.24, 2.45) is 0 Å². The van der Waals surface area contributed by atoms with Crippen LogP contribution in [-0.4, -0.2) is 19.3 Å². The molecule has 0 atom stereocenters. The lowest BCUT2D eigenvalue weighted by atomic mass is 10.3. The zero-order valence-electron chi connectivity index (χ0n) is 8.05. The molecule has 0 unspecified atom stereocenters. The van der Waals surface area contributed by atoms with Gasteiger partial charge >= 0.3 is 0 Å². The molecular weight excluding hydrogens is 158 g/mol. The van der Waals surface area contributed by atoms with Gasteiger partial charge in [-0.05, 0) is 13.3 Å². The second kappa shape index (κ2) is 7.05. The van der Waals surface area contributed by atoms with E-state index in [-0.39, 0.29) is 0 Å². The third kappa shape index (κ3) is 3.68. The summed E-state index contributed by atoms with van der Waals surface area (Å²) in [5, 5.41) is 1.28. The molecule has 0 aliphatic rings. The molecule has 5 heteroatoms. The van der Waals surface area contributed by atoms with E-state index in [1.807, 2.05) is 19.9 Å². The average molecular weight is 175 g/mol. The molecule has 0 aliphatic carbocycles. The number of hydrogen-bond acceptors (Lipinski definition) is 5. The number of hydroxylamine groups is 4. The molecular formula is C7H17N3O2. The van der Waals surface area contributed by atoms with Gasteiger partial charge in [-0.1, -0.05) is 18.2 Å². The molecule has 0 bridgehead atoms. The van der Waals surface area contributed by atoms with Crippen LogP contribution in [0.1, 0.15) is 20.3 Å². The molecule has 0 saturated heterocycles. The highest BCUT2D eigenvalue weighted by molar-refractivity contribution is 4.92. The fourth-order valence-corrected chi connectivity index (χ4v) is 0.740. The average Bonchev–Trinajstić information content (AvgIpc) is 2.07. The van der Waals surface area contributed by atoms with Gasteiger partial charge in [-0.2, -0.15) is 20.8 Å². The highest BCUT2D eigenvalue weighted by atomic mass is 17.1. The Kier molecular flexibility index (Phi) is 6.69. The van der Waals surface area contributed by atoms with Crippen molar-refractivity contribution in [2.45, 2.75) is 20.3 Å². The SMILES string of the molecule is C/C=C(\CC)N(ONC)ONC. The molecule has 0 aromatic heterocycles. The highest BCUT2D eigenvalue weighted by Gasteiger charge is 2.07. The predicted octanol–water partition coefficient (Wildman–Crippen LogP) is 0.734. The van der Waals surface area contributed by atoms with Crippen LogP contribution in [0.3, 0.4) is 0 Å². The first-order chi connectivity index (χ1) is 5.79. The number of nitrogens with zero attached hydrogens (tertiary/aromatic N) is 1. The maximum Gasteiger partial charge on any atom is 0.0713 e. The van der Waals surface area contributed by atoms with Crippen LogP contribution < -0.4 is 11.0 Å². The first kappa shape index (κ1) is 11.4. The summed E-state index contributed by atoms with van der Waals surface area (Å²) in [6, 6.07) is 0. The van der Waals surface area contributed by atoms with Crippen LogP contribution in [0.15, 0.2) is 11.8 Å². The van der Waals surface area contributed by atoms with E-state index >= 15 is 0 Å². The van der Waals surface area contributed by atoms with E-state index in [1.54, 1.807) is 14.1 Å². The minimum Gasteiger partial charge on any atom is -0.177 e. The lowest BCUT2D eigenvalue weighted by molar-refractivity contribution is -0.392. The molecule has 0 rings (SSSR count). The van der Waals surface area contributed by atoms with Gasteiger partial charge in [0.2, 0.25) is 0 Å². The van der Waals surface area contributed by atoms with Crippen LogP contribution in [0.2, 0.25) is 0 Å². The van der Waals surface area contributed by atoms with E-state index in [0.29, 0.717) is 0 Å². The second-order valence-corrected chi connectivity index (χ2v) is 1.98. The van der Waals surface area contributed by atoms with Gasteiger partial charge in [0, 0.05) is 14.1 Å². The largest absolute Gasteiger partial charge is 0.177 e. The van der Waals surface area contributed by atoms with Crippen LogP contribution in [0.4, 0.5) is 0 Å². The Balaban J connectivity index is 4.06. The highest BCUT2D eigenvalue weighted by Crippen LogP contribution is 2.07. The first-order valence-corrected chi connectivity index (χ1v) is 3.92. The number of nitrogens with one attached hydrogen (secondary N) is 2. The Morgan fingerprint density at radius 3 is 2.08 bits per heavy atom. The van der Waals surface area contributed by atoms with Gasteiger partial charge in [-0.15, -0.1) is 0 Å². The van der Waals surface area contributed by atoms with Gasteiger partial charge in [0.25, 0.3) is 0 Å². The zero-order valence-corrected chi connectivity index (χ0v) is 8.05. The lowest BCUT2D eigenvalue weighted by Gasteiger charge is -2.21. The summed E-state index contributed by atoms with van der Waals surface area (Å²) in [5.41, 5.74) is 5.97. The summed E-state index contributed by atoms with van der Waals surface area (Å²) in [4.78, 5) is 9.91. The summed E-state index contributed by atoms with van der Waals surface area (Å²) in [5.74, 6) is 0. The summed E-state index contributed by atoms with van der Waals surface area (Å²) >= 11 is 0. The molecule has 72 valence electrons. The van der Waals surface area contributed by atoms with E-state index in [9.17, 15) is 0 Å². The van der Waals surface area contributed by atoms with Crippen molar-refractivity contribution < 1.29 is 9.88 Å². The maximum absolute atomic E-state index is 4.96. The van der Waals surface area contributed by atoms with E-state index in [2.05, 4.69) is 11.0 Å². The van der Waals surface area contributed by atoms with E-state index in [1.165, 1.54) is 5.23 Å². The Hall–Kier alpha value is -0.620. The van der Waals surface area contributed by atoms with Gasteiger partial charge in [-0.25, -0.2) is 0 Å². The van der Waals surface area contributed by atoms with E-state index in [4.69, 9.17) is 9.88 Å². The first-order valence-electron chi connectivity index (χ1n) is 3.92. The summed E-state index contributed by atoms with van der Waals surface area (Å²) in [7, 11) is 3.32. The molecule has 5 nitrogen and oxygen atoms in total. The van der Waals surface area contributed by atoms with Crippen LogP contribution in [0.5, 0.6) is 0 Å². The Labute approximate surface area is 73.1 Å². The Morgan fingerprint density at radius 2 is 1.83 bits per heavy atom. The summed E-state index contributed by atoms with van der Waals surface area (Å²) in [6.07, 6.45) is 2.74. The zero-order chi connectivity index (χ0) is 9.40. The molecule has 0 spiro atoms. The number of hydrogen-bond donors (Lipinski definition) is 2. The lowest BCUT2D eigenvalue weighted by Crippen LogP contribution is -2.33. The molecule has 0 radical (unpaired) electrons. The molecule has 0 heterocycles. The third-order valence-electron chi connectivity index (χ3n) is 1.28. The van der Waals surface area contributed by atoms with Crippen molar-refractivity contribution >= 4 is 0 Å². The van der Waals surface area contributed by atoms with E-state index < -0.39 is 0 Å². The van der Waals surface area contributed by atoms with Gasteiger partial charge < -0.3 is 0 Å². The van der Waals surface area contributed by atoms with Crippen molar-refractivity contribution in [2.75, 3.05) is 14.1 Å². The summed E-state index contributed by atoms with van der Waals surface area (Å²) in [6.45, 7) is 3.93. The topological polar surface area (TPSA) is 45.8 Å². The van der Waals surface area contributed by atoms with Crippen molar-refractivity contribution in [3.05, 3.63) is 11.8 Å². The number of rotatable bonds is 6. The van der Waals surface area contributed by atoms with Gasteiger partial charge in [0.15, 0.2) is 0 Å².